The summed E-state index contributed by atoms with van der Waals surface area (Å²) < 4.78 is 14.7. The Morgan fingerprint density at radius 3 is 2.92 bits per heavy atom. The van der Waals surface area contributed by atoms with Crippen LogP contribution in [0.4, 0.5) is 4.39 Å². The van der Waals surface area contributed by atoms with Crippen molar-refractivity contribution in [3.8, 4) is 0 Å². The molecular weight excluding hydrogens is 321 g/mol. The van der Waals surface area contributed by atoms with Gasteiger partial charge in [0.1, 0.15) is 18.5 Å². The van der Waals surface area contributed by atoms with Crippen LogP contribution >= 0.6 is 0 Å². The van der Waals surface area contributed by atoms with Crippen LogP contribution in [-0.4, -0.2) is 50.7 Å². The molecule has 1 aliphatic rings. The summed E-state index contributed by atoms with van der Waals surface area (Å²) >= 11 is 0. The first kappa shape index (κ1) is 17.5. The number of likely N-dealkylation sites (tertiary alicyclic amines) is 1. The maximum absolute atomic E-state index is 12.9. The third-order valence-corrected chi connectivity index (χ3v) is 4.79. The summed E-state index contributed by atoms with van der Waals surface area (Å²) in [5, 5.41) is 7.15. The van der Waals surface area contributed by atoms with Gasteiger partial charge in [-0.1, -0.05) is 12.1 Å². The summed E-state index contributed by atoms with van der Waals surface area (Å²) in [5.41, 5.74) is 1.01. The Labute approximate surface area is 147 Å². The standard InChI is InChI=1S/C18H24FN5O/c1-14(18(25)21-9-8-15-4-6-16(19)7-5-15)24-10-2-3-17(24)11-23-13-20-12-22-23/h4-7,12-14,17H,2-3,8-11H2,1H3,(H,21,25). The second kappa shape index (κ2) is 8.20. The van der Waals surface area contributed by atoms with Crippen LogP contribution in [-0.2, 0) is 17.8 Å². The zero-order chi connectivity index (χ0) is 17.6. The molecule has 0 aliphatic carbocycles. The molecule has 0 radical (unpaired) electrons. The molecule has 1 aromatic heterocycles. The second-order valence-electron chi connectivity index (χ2n) is 6.49. The lowest BCUT2D eigenvalue weighted by atomic mass is 10.1. The molecule has 1 saturated heterocycles. The first-order valence-corrected chi connectivity index (χ1v) is 8.74. The Kier molecular flexibility index (Phi) is 5.75. The van der Waals surface area contributed by atoms with Crippen LogP contribution in [0.1, 0.15) is 25.3 Å². The topological polar surface area (TPSA) is 63.1 Å². The van der Waals surface area contributed by atoms with E-state index in [4.69, 9.17) is 0 Å². The van der Waals surface area contributed by atoms with E-state index < -0.39 is 0 Å². The average molecular weight is 345 g/mol. The minimum Gasteiger partial charge on any atom is -0.354 e. The Hall–Kier alpha value is -2.28. The minimum atomic E-state index is -0.242. The predicted octanol–water partition coefficient (Wildman–Crippen LogP) is 1.63. The number of rotatable bonds is 7. The predicted molar refractivity (Wildman–Crippen MR) is 92.3 cm³/mol. The molecule has 0 saturated carbocycles. The highest BCUT2D eigenvalue weighted by Crippen LogP contribution is 2.21. The van der Waals surface area contributed by atoms with E-state index in [-0.39, 0.29) is 17.8 Å². The highest BCUT2D eigenvalue weighted by atomic mass is 19.1. The number of amides is 1. The number of carbonyl (C=O) groups excluding carboxylic acids is 1. The number of aromatic nitrogens is 3. The normalized spacial score (nSPS) is 19.0. The van der Waals surface area contributed by atoms with Crippen LogP contribution in [0, 0.1) is 5.82 Å². The first-order chi connectivity index (χ1) is 12.1. The molecule has 2 unspecified atom stereocenters. The Balaban J connectivity index is 1.48. The molecule has 6 nitrogen and oxygen atoms in total. The smallest absolute Gasteiger partial charge is 0.237 e. The van der Waals surface area contributed by atoms with E-state index in [0.29, 0.717) is 19.0 Å². The van der Waals surface area contributed by atoms with Gasteiger partial charge in [-0.15, -0.1) is 0 Å². The van der Waals surface area contributed by atoms with Gasteiger partial charge in [0, 0.05) is 12.6 Å². The number of nitrogens with one attached hydrogen (secondary N) is 1. The molecule has 2 aromatic rings. The molecule has 7 heteroatoms. The molecule has 134 valence electrons. The van der Waals surface area contributed by atoms with Crippen molar-refractivity contribution in [3.05, 3.63) is 48.3 Å². The van der Waals surface area contributed by atoms with Crippen LogP contribution in [0.25, 0.3) is 0 Å². The van der Waals surface area contributed by atoms with Crippen molar-refractivity contribution < 1.29 is 9.18 Å². The largest absolute Gasteiger partial charge is 0.354 e. The van der Waals surface area contributed by atoms with Gasteiger partial charge in [0.2, 0.25) is 5.91 Å². The van der Waals surface area contributed by atoms with Gasteiger partial charge in [0.25, 0.3) is 0 Å². The fourth-order valence-corrected chi connectivity index (χ4v) is 3.39. The molecule has 0 bridgehead atoms. The zero-order valence-electron chi connectivity index (χ0n) is 14.4. The van der Waals surface area contributed by atoms with Crippen molar-refractivity contribution in [1.82, 2.24) is 25.0 Å². The quantitative estimate of drug-likeness (QED) is 0.828. The molecular formula is C18H24FN5O. The first-order valence-electron chi connectivity index (χ1n) is 8.74. The van der Waals surface area contributed by atoms with E-state index in [1.807, 2.05) is 11.6 Å². The van der Waals surface area contributed by atoms with Gasteiger partial charge in [-0.3, -0.25) is 14.4 Å². The highest BCUT2D eigenvalue weighted by Gasteiger charge is 2.32. The van der Waals surface area contributed by atoms with Crippen LogP contribution in [0.2, 0.25) is 0 Å². The number of halogens is 1. The van der Waals surface area contributed by atoms with Gasteiger partial charge < -0.3 is 5.32 Å². The fourth-order valence-electron chi connectivity index (χ4n) is 3.39. The number of carbonyl (C=O) groups is 1. The molecule has 0 spiro atoms. The maximum Gasteiger partial charge on any atom is 0.237 e. The molecule has 1 amide bonds. The van der Waals surface area contributed by atoms with Crippen molar-refractivity contribution in [3.63, 3.8) is 0 Å². The molecule has 1 fully saturated rings. The van der Waals surface area contributed by atoms with Crippen LogP contribution < -0.4 is 5.32 Å². The van der Waals surface area contributed by atoms with Gasteiger partial charge in [-0.25, -0.2) is 9.37 Å². The van der Waals surface area contributed by atoms with Crippen LogP contribution in [0.3, 0.4) is 0 Å². The van der Waals surface area contributed by atoms with Crippen molar-refractivity contribution >= 4 is 5.91 Å². The summed E-state index contributed by atoms with van der Waals surface area (Å²) in [6, 6.07) is 6.51. The summed E-state index contributed by atoms with van der Waals surface area (Å²) in [7, 11) is 0. The number of hydrogen-bond acceptors (Lipinski definition) is 4. The average Bonchev–Trinajstić information content (AvgIpc) is 3.28. The van der Waals surface area contributed by atoms with E-state index in [1.165, 1.54) is 18.5 Å². The molecule has 2 atom stereocenters. The number of benzene rings is 1. The van der Waals surface area contributed by atoms with Crippen LogP contribution in [0.15, 0.2) is 36.9 Å². The molecule has 3 rings (SSSR count). The van der Waals surface area contributed by atoms with Crippen LogP contribution in [0.5, 0.6) is 0 Å². The second-order valence-corrected chi connectivity index (χ2v) is 6.49. The zero-order valence-corrected chi connectivity index (χ0v) is 14.4. The van der Waals surface area contributed by atoms with Crippen molar-refractivity contribution in [2.24, 2.45) is 0 Å². The molecule has 1 aromatic carbocycles. The number of hydrogen-bond donors (Lipinski definition) is 1. The lowest BCUT2D eigenvalue weighted by molar-refractivity contribution is -0.126. The number of nitrogens with zero attached hydrogens (tertiary/aromatic N) is 4. The lowest BCUT2D eigenvalue weighted by Crippen LogP contribution is -2.48. The minimum absolute atomic E-state index is 0.0348. The van der Waals surface area contributed by atoms with Crippen molar-refractivity contribution in [2.75, 3.05) is 13.1 Å². The Bertz CT molecular complexity index is 673. The monoisotopic (exact) mass is 345 g/mol. The summed E-state index contributed by atoms with van der Waals surface area (Å²) in [6.45, 7) is 4.18. The van der Waals surface area contributed by atoms with Crippen molar-refractivity contribution in [1.29, 1.82) is 0 Å². The molecule has 2 heterocycles. The maximum atomic E-state index is 12.9. The molecule has 1 aliphatic heterocycles. The SMILES string of the molecule is CC(C(=O)NCCc1ccc(F)cc1)N1CCCC1Cn1cncn1. The summed E-state index contributed by atoms with van der Waals surface area (Å²) in [5.74, 6) is -0.207. The van der Waals surface area contributed by atoms with E-state index >= 15 is 0 Å². The van der Waals surface area contributed by atoms with E-state index in [9.17, 15) is 9.18 Å². The van der Waals surface area contributed by atoms with Gasteiger partial charge in [-0.2, -0.15) is 5.10 Å². The fraction of sp³-hybridized carbons (Fsp3) is 0.500. The molecule has 1 N–H and O–H groups in total. The van der Waals surface area contributed by atoms with E-state index in [0.717, 1.165) is 31.5 Å². The van der Waals surface area contributed by atoms with Gasteiger partial charge in [0.15, 0.2) is 0 Å². The van der Waals surface area contributed by atoms with Gasteiger partial charge >= 0.3 is 0 Å². The highest BCUT2D eigenvalue weighted by molar-refractivity contribution is 5.81. The third-order valence-electron chi connectivity index (χ3n) is 4.79. The van der Waals surface area contributed by atoms with E-state index in [1.54, 1.807) is 18.5 Å². The van der Waals surface area contributed by atoms with Gasteiger partial charge in [0.05, 0.1) is 12.6 Å². The van der Waals surface area contributed by atoms with Gasteiger partial charge in [-0.05, 0) is 50.4 Å². The van der Waals surface area contributed by atoms with Crippen molar-refractivity contribution in [2.45, 2.75) is 44.8 Å². The summed E-state index contributed by atoms with van der Waals surface area (Å²) in [6.07, 6.45) is 6.09. The lowest BCUT2D eigenvalue weighted by Gasteiger charge is -2.29. The van der Waals surface area contributed by atoms with E-state index in [2.05, 4.69) is 20.3 Å². The third kappa shape index (κ3) is 4.63. The Morgan fingerprint density at radius 1 is 1.40 bits per heavy atom. The molecule has 25 heavy (non-hydrogen) atoms. The summed E-state index contributed by atoms with van der Waals surface area (Å²) in [4.78, 5) is 18.7. The Morgan fingerprint density at radius 2 is 2.20 bits per heavy atom.